The first-order valence-electron chi connectivity index (χ1n) is 6.59. The highest BCUT2D eigenvalue weighted by Crippen LogP contribution is 2.29. The highest BCUT2D eigenvalue weighted by atomic mass is 79.9. The van der Waals surface area contributed by atoms with E-state index in [0.717, 1.165) is 33.5 Å². The van der Waals surface area contributed by atoms with Crippen LogP contribution in [-0.4, -0.2) is 7.11 Å². The molecule has 0 unspecified atom stereocenters. The molecule has 2 nitrogen and oxygen atoms in total. The van der Waals surface area contributed by atoms with Crippen molar-refractivity contribution < 1.29 is 17.9 Å². The van der Waals surface area contributed by atoms with Crippen molar-refractivity contribution in [2.45, 2.75) is 19.3 Å². The fourth-order valence-electron chi connectivity index (χ4n) is 1.97. The molecule has 0 saturated carbocycles. The molecule has 2 aromatic carbocycles. The van der Waals surface area contributed by atoms with Gasteiger partial charge in [-0.15, -0.1) is 0 Å². The molecule has 6 heteroatoms. The SMILES string of the molecule is COc1ccc(Br)c(CNCc2ccc(C(F)(F)F)cc2)c1. The molecule has 0 heterocycles. The van der Waals surface area contributed by atoms with Gasteiger partial charge in [-0.3, -0.25) is 0 Å². The number of rotatable bonds is 5. The predicted molar refractivity (Wildman–Crippen MR) is 82.7 cm³/mol. The quantitative estimate of drug-likeness (QED) is 0.815. The Labute approximate surface area is 135 Å². The summed E-state index contributed by atoms with van der Waals surface area (Å²) in [7, 11) is 1.60. The van der Waals surface area contributed by atoms with Gasteiger partial charge in [-0.2, -0.15) is 13.2 Å². The lowest BCUT2D eigenvalue weighted by atomic mass is 10.1. The summed E-state index contributed by atoms with van der Waals surface area (Å²) in [4.78, 5) is 0. The van der Waals surface area contributed by atoms with Crippen LogP contribution in [0.1, 0.15) is 16.7 Å². The molecule has 0 aliphatic heterocycles. The molecular formula is C16H15BrF3NO. The Balaban J connectivity index is 1.94. The van der Waals surface area contributed by atoms with Crippen LogP contribution >= 0.6 is 15.9 Å². The highest BCUT2D eigenvalue weighted by Gasteiger charge is 2.29. The van der Waals surface area contributed by atoms with Crippen LogP contribution in [0.5, 0.6) is 5.75 Å². The van der Waals surface area contributed by atoms with Crippen LogP contribution in [0.4, 0.5) is 13.2 Å². The summed E-state index contributed by atoms with van der Waals surface area (Å²) < 4.78 is 43.5. The molecule has 0 aliphatic carbocycles. The van der Waals surface area contributed by atoms with E-state index in [0.29, 0.717) is 13.1 Å². The van der Waals surface area contributed by atoms with Crippen LogP contribution in [0.2, 0.25) is 0 Å². The van der Waals surface area contributed by atoms with Gasteiger partial charge in [0.25, 0.3) is 0 Å². The van der Waals surface area contributed by atoms with Gasteiger partial charge in [-0.25, -0.2) is 0 Å². The standard InChI is InChI=1S/C16H15BrF3NO/c1-22-14-6-7-15(17)12(8-14)10-21-9-11-2-4-13(5-3-11)16(18,19)20/h2-8,21H,9-10H2,1H3. The van der Waals surface area contributed by atoms with Crippen LogP contribution in [0.3, 0.4) is 0 Å². The van der Waals surface area contributed by atoms with Crippen LogP contribution in [0, 0.1) is 0 Å². The van der Waals surface area contributed by atoms with Crippen LogP contribution in [0.15, 0.2) is 46.9 Å². The Morgan fingerprint density at radius 1 is 1.05 bits per heavy atom. The van der Waals surface area contributed by atoms with E-state index in [1.807, 2.05) is 18.2 Å². The van der Waals surface area contributed by atoms with E-state index in [1.165, 1.54) is 12.1 Å². The first-order chi connectivity index (χ1) is 10.4. The summed E-state index contributed by atoms with van der Waals surface area (Å²) >= 11 is 3.46. The normalized spacial score (nSPS) is 11.5. The molecule has 0 bridgehead atoms. The van der Waals surface area contributed by atoms with Crippen molar-refractivity contribution in [2.75, 3.05) is 7.11 Å². The molecule has 0 fully saturated rings. The number of ether oxygens (including phenoxy) is 1. The number of halogens is 4. The van der Waals surface area contributed by atoms with E-state index in [1.54, 1.807) is 7.11 Å². The maximum Gasteiger partial charge on any atom is 0.416 e. The molecule has 2 aromatic rings. The van der Waals surface area contributed by atoms with Gasteiger partial charge in [0.1, 0.15) is 5.75 Å². The Bertz CT molecular complexity index is 626. The fourth-order valence-corrected chi connectivity index (χ4v) is 2.35. The van der Waals surface area contributed by atoms with E-state index in [-0.39, 0.29) is 0 Å². The van der Waals surface area contributed by atoms with Crippen molar-refractivity contribution >= 4 is 15.9 Å². The second kappa shape index (κ2) is 7.15. The largest absolute Gasteiger partial charge is 0.497 e. The topological polar surface area (TPSA) is 21.3 Å². The molecular weight excluding hydrogens is 359 g/mol. The number of hydrogen-bond donors (Lipinski definition) is 1. The minimum Gasteiger partial charge on any atom is -0.497 e. The average molecular weight is 374 g/mol. The zero-order valence-electron chi connectivity index (χ0n) is 11.9. The van der Waals surface area contributed by atoms with E-state index in [4.69, 9.17) is 4.74 Å². The number of hydrogen-bond acceptors (Lipinski definition) is 2. The number of benzene rings is 2. The van der Waals surface area contributed by atoms with Crippen molar-refractivity contribution in [2.24, 2.45) is 0 Å². The lowest BCUT2D eigenvalue weighted by molar-refractivity contribution is -0.137. The van der Waals surface area contributed by atoms with Gasteiger partial charge in [0.2, 0.25) is 0 Å². The minimum absolute atomic E-state index is 0.488. The Hall–Kier alpha value is -1.53. The Morgan fingerprint density at radius 2 is 1.73 bits per heavy atom. The summed E-state index contributed by atoms with van der Waals surface area (Å²) in [5.41, 5.74) is 1.19. The molecule has 0 radical (unpaired) electrons. The molecule has 0 spiro atoms. The molecule has 0 aromatic heterocycles. The summed E-state index contributed by atoms with van der Waals surface area (Å²) in [6, 6.07) is 10.8. The van der Waals surface area contributed by atoms with Crippen molar-refractivity contribution in [3.63, 3.8) is 0 Å². The average Bonchev–Trinajstić information content (AvgIpc) is 2.49. The maximum atomic E-state index is 12.5. The number of nitrogens with one attached hydrogen (secondary N) is 1. The van der Waals surface area contributed by atoms with Gasteiger partial charge in [0.15, 0.2) is 0 Å². The molecule has 0 atom stereocenters. The van der Waals surface area contributed by atoms with Crippen LogP contribution in [0.25, 0.3) is 0 Å². The van der Waals surface area contributed by atoms with Crippen molar-refractivity contribution in [3.05, 3.63) is 63.6 Å². The first-order valence-corrected chi connectivity index (χ1v) is 7.38. The van der Waals surface area contributed by atoms with E-state index >= 15 is 0 Å². The number of methoxy groups -OCH3 is 1. The van der Waals surface area contributed by atoms with Gasteiger partial charge in [0.05, 0.1) is 12.7 Å². The summed E-state index contributed by atoms with van der Waals surface area (Å²) in [6.07, 6.45) is -4.29. The summed E-state index contributed by atoms with van der Waals surface area (Å²) in [5, 5.41) is 3.20. The molecule has 1 N–H and O–H groups in total. The second-order valence-corrected chi connectivity index (χ2v) is 5.61. The van der Waals surface area contributed by atoms with Gasteiger partial charge in [-0.1, -0.05) is 28.1 Å². The van der Waals surface area contributed by atoms with Crippen LogP contribution < -0.4 is 10.1 Å². The summed E-state index contributed by atoms with van der Waals surface area (Å²) in [5.74, 6) is 0.759. The third-order valence-electron chi connectivity index (χ3n) is 3.18. The molecule has 0 amide bonds. The van der Waals surface area contributed by atoms with Gasteiger partial charge >= 0.3 is 6.18 Å². The zero-order chi connectivity index (χ0) is 16.2. The van der Waals surface area contributed by atoms with Gasteiger partial charge in [0, 0.05) is 17.6 Å². The van der Waals surface area contributed by atoms with E-state index < -0.39 is 11.7 Å². The Kier molecular flexibility index (Phi) is 5.47. The zero-order valence-corrected chi connectivity index (χ0v) is 13.5. The lowest BCUT2D eigenvalue weighted by Crippen LogP contribution is -2.13. The highest BCUT2D eigenvalue weighted by molar-refractivity contribution is 9.10. The van der Waals surface area contributed by atoms with Crippen molar-refractivity contribution in [1.82, 2.24) is 5.32 Å². The number of alkyl halides is 3. The molecule has 22 heavy (non-hydrogen) atoms. The van der Waals surface area contributed by atoms with Crippen molar-refractivity contribution in [1.29, 1.82) is 0 Å². The van der Waals surface area contributed by atoms with Gasteiger partial charge in [-0.05, 0) is 41.5 Å². The third-order valence-corrected chi connectivity index (χ3v) is 3.95. The Morgan fingerprint density at radius 3 is 2.32 bits per heavy atom. The van der Waals surface area contributed by atoms with Gasteiger partial charge < -0.3 is 10.1 Å². The van der Waals surface area contributed by atoms with E-state index in [9.17, 15) is 13.2 Å². The molecule has 118 valence electrons. The first kappa shape index (κ1) is 16.8. The van der Waals surface area contributed by atoms with Crippen LogP contribution in [-0.2, 0) is 19.3 Å². The predicted octanol–water partition coefficient (Wildman–Crippen LogP) is 4.77. The monoisotopic (exact) mass is 373 g/mol. The molecule has 2 rings (SSSR count). The summed E-state index contributed by atoms with van der Waals surface area (Å²) in [6.45, 7) is 1.07. The lowest BCUT2D eigenvalue weighted by Gasteiger charge is -2.10. The maximum absolute atomic E-state index is 12.5. The third kappa shape index (κ3) is 4.48. The second-order valence-electron chi connectivity index (χ2n) is 4.76. The van der Waals surface area contributed by atoms with E-state index in [2.05, 4.69) is 21.2 Å². The molecule has 0 aliphatic rings. The van der Waals surface area contributed by atoms with Crippen molar-refractivity contribution in [3.8, 4) is 5.75 Å². The molecule has 0 saturated heterocycles. The fraction of sp³-hybridized carbons (Fsp3) is 0.250. The minimum atomic E-state index is -4.29. The smallest absolute Gasteiger partial charge is 0.416 e.